The van der Waals surface area contributed by atoms with Crippen LogP contribution in [0, 0.1) is 18.3 Å². The summed E-state index contributed by atoms with van der Waals surface area (Å²) in [4.78, 5) is 11.9. The predicted octanol–water partition coefficient (Wildman–Crippen LogP) is 2.72. The molecule has 0 atom stereocenters. The highest BCUT2D eigenvalue weighted by molar-refractivity contribution is 5.78. The Morgan fingerprint density at radius 3 is 2.61 bits per heavy atom. The average Bonchev–Trinajstić information content (AvgIpc) is 3.43. The maximum atomic E-state index is 10.0. The number of fused-ring (bicyclic) bond motifs is 4. The first-order chi connectivity index (χ1) is 15.2. The first-order valence-corrected chi connectivity index (χ1v) is 11.1. The Morgan fingerprint density at radius 2 is 1.81 bits per heavy atom. The van der Waals surface area contributed by atoms with Gasteiger partial charge in [-0.1, -0.05) is 12.1 Å². The lowest BCUT2D eigenvalue weighted by Crippen LogP contribution is -2.51. The summed E-state index contributed by atoms with van der Waals surface area (Å²) in [5.74, 6) is 2.47. The Hall–Kier alpha value is -3.59. The van der Waals surface area contributed by atoms with E-state index in [1.165, 1.54) is 28.3 Å². The summed E-state index contributed by atoms with van der Waals surface area (Å²) in [5, 5.41) is 10.0. The van der Waals surface area contributed by atoms with Crippen molar-refractivity contribution in [2.45, 2.75) is 26.2 Å². The smallest absolute Gasteiger partial charge is 0.274 e. The van der Waals surface area contributed by atoms with E-state index in [1.54, 1.807) is 0 Å². The van der Waals surface area contributed by atoms with Gasteiger partial charge in [-0.2, -0.15) is 9.66 Å². The Bertz CT molecular complexity index is 1350. The van der Waals surface area contributed by atoms with Crippen molar-refractivity contribution in [3.05, 3.63) is 64.8 Å². The van der Waals surface area contributed by atoms with Crippen LogP contribution in [-0.2, 0) is 12.8 Å². The molecule has 3 aromatic heterocycles. The van der Waals surface area contributed by atoms with Gasteiger partial charge in [0.05, 0.1) is 6.20 Å². The summed E-state index contributed by atoms with van der Waals surface area (Å²) in [6.45, 7) is 6.00. The van der Waals surface area contributed by atoms with Gasteiger partial charge in [0.15, 0.2) is 0 Å². The summed E-state index contributed by atoms with van der Waals surface area (Å²) in [5.41, 5.74) is 7.88. The van der Waals surface area contributed by atoms with Crippen molar-refractivity contribution in [2.75, 3.05) is 36.0 Å². The molecule has 6 nitrogen and oxygen atoms in total. The van der Waals surface area contributed by atoms with Crippen LogP contribution in [0.4, 0.5) is 11.6 Å². The molecule has 1 aromatic carbocycles. The van der Waals surface area contributed by atoms with E-state index >= 15 is 0 Å². The average molecular weight is 411 g/mol. The van der Waals surface area contributed by atoms with Gasteiger partial charge in [0.25, 0.3) is 5.82 Å². The molecule has 6 heteroatoms. The van der Waals surface area contributed by atoms with E-state index in [-0.39, 0.29) is 0 Å². The van der Waals surface area contributed by atoms with Crippen LogP contribution >= 0.6 is 0 Å². The van der Waals surface area contributed by atoms with Gasteiger partial charge in [-0.05, 0) is 55.5 Å². The predicted molar refractivity (Wildman–Crippen MR) is 120 cm³/mol. The van der Waals surface area contributed by atoms with Crippen molar-refractivity contribution in [1.29, 1.82) is 5.26 Å². The highest BCUT2D eigenvalue weighted by atomic mass is 15.3. The van der Waals surface area contributed by atoms with Gasteiger partial charge in [-0.25, -0.2) is 4.98 Å². The fourth-order valence-electron chi connectivity index (χ4n) is 5.38. The fourth-order valence-corrected chi connectivity index (χ4v) is 5.38. The van der Waals surface area contributed by atoms with Crippen LogP contribution < -0.4 is 19.2 Å². The molecule has 0 radical (unpaired) electrons. The Balaban J connectivity index is 1.47. The minimum Gasteiger partial charge on any atom is -0.284 e. The molecule has 0 spiro atoms. The third kappa shape index (κ3) is 2.77. The number of nitrogens with zero attached hydrogens (tertiary/aromatic N) is 4. The van der Waals surface area contributed by atoms with E-state index < -0.39 is 0 Å². The van der Waals surface area contributed by atoms with Crippen molar-refractivity contribution in [2.24, 2.45) is 0 Å². The molecule has 1 fully saturated rings. The standard InChI is InChI=1S/C25H24N6/c1-17-9-10-27-23(15-17)29-11-13-30(14-12-29)25-19-6-4-5-18(19)20(16-26)24-28-21-7-2-3-8-22(21)31(24)25/h2-3,7-10,15H,4-6,11-14H2,1H3/p+2. The van der Waals surface area contributed by atoms with Crippen LogP contribution in [-0.4, -0.2) is 31.2 Å². The topological polar surface area (TPSA) is 64.3 Å². The minimum atomic E-state index is 0.820. The number of piperazine rings is 1. The van der Waals surface area contributed by atoms with Crippen molar-refractivity contribution in [3.63, 3.8) is 0 Å². The number of anilines is 2. The number of aromatic amines is 2. The lowest BCUT2D eigenvalue weighted by Gasteiger charge is -2.30. The second-order valence-corrected chi connectivity index (χ2v) is 8.67. The summed E-state index contributed by atoms with van der Waals surface area (Å²) in [7, 11) is 0. The number of benzene rings is 1. The molecule has 1 aliphatic heterocycles. The van der Waals surface area contributed by atoms with Crippen molar-refractivity contribution in [1.82, 2.24) is 4.98 Å². The highest BCUT2D eigenvalue weighted by Gasteiger charge is 2.35. The molecule has 0 unspecified atom stereocenters. The normalized spacial score (nSPS) is 16.1. The van der Waals surface area contributed by atoms with Gasteiger partial charge in [-0.3, -0.25) is 14.8 Å². The maximum Gasteiger partial charge on any atom is 0.274 e. The maximum absolute atomic E-state index is 10.0. The number of H-pyrrole nitrogens is 2. The molecule has 1 saturated heterocycles. The number of aryl methyl sites for hydroxylation is 1. The van der Waals surface area contributed by atoms with Crippen LogP contribution in [0.5, 0.6) is 0 Å². The Morgan fingerprint density at radius 1 is 1.03 bits per heavy atom. The van der Waals surface area contributed by atoms with E-state index in [4.69, 9.17) is 0 Å². The zero-order valence-corrected chi connectivity index (χ0v) is 17.8. The monoisotopic (exact) mass is 410 g/mol. The van der Waals surface area contributed by atoms with Crippen LogP contribution in [0.15, 0.2) is 42.6 Å². The lowest BCUT2D eigenvalue weighted by molar-refractivity contribution is -0.468. The summed E-state index contributed by atoms with van der Waals surface area (Å²) in [6, 6.07) is 15.2. The van der Waals surface area contributed by atoms with E-state index in [0.29, 0.717) is 0 Å². The SMILES string of the molecule is Cc1cc[nH+]c(N2CCN(c3c4c(c(C#N)c5[nH]c6ccccc6[n+]35)CCC4)CC2)c1. The molecule has 31 heavy (non-hydrogen) atoms. The lowest BCUT2D eigenvalue weighted by atomic mass is 10.0. The molecule has 4 heterocycles. The number of hydrogen-bond acceptors (Lipinski definition) is 3. The molecule has 0 amide bonds. The number of hydrogen-bond donors (Lipinski definition) is 1. The number of nitriles is 1. The van der Waals surface area contributed by atoms with Crippen LogP contribution in [0.25, 0.3) is 16.7 Å². The second-order valence-electron chi connectivity index (χ2n) is 8.67. The molecule has 154 valence electrons. The van der Waals surface area contributed by atoms with Crippen molar-refractivity contribution >= 4 is 28.3 Å². The van der Waals surface area contributed by atoms with Gasteiger partial charge in [0, 0.05) is 11.6 Å². The number of nitrogens with one attached hydrogen (secondary N) is 2. The quantitative estimate of drug-likeness (QED) is 0.517. The first kappa shape index (κ1) is 18.2. The van der Waals surface area contributed by atoms with Crippen LogP contribution in [0.3, 0.4) is 0 Å². The summed E-state index contributed by atoms with van der Waals surface area (Å²) < 4.78 is 2.31. The number of imidazole rings is 1. The zero-order valence-electron chi connectivity index (χ0n) is 17.8. The van der Waals surface area contributed by atoms with E-state index in [1.807, 2.05) is 6.20 Å². The number of para-hydroxylation sites is 2. The second kappa shape index (κ2) is 6.98. The van der Waals surface area contributed by atoms with Crippen molar-refractivity contribution < 1.29 is 9.38 Å². The highest BCUT2D eigenvalue weighted by Crippen LogP contribution is 2.34. The van der Waals surface area contributed by atoms with E-state index in [0.717, 1.165) is 67.7 Å². The van der Waals surface area contributed by atoms with Gasteiger partial charge < -0.3 is 0 Å². The summed E-state index contributed by atoms with van der Waals surface area (Å²) in [6.07, 6.45) is 5.19. The largest absolute Gasteiger partial charge is 0.284 e. The number of aromatic nitrogens is 3. The van der Waals surface area contributed by atoms with E-state index in [9.17, 15) is 5.26 Å². The van der Waals surface area contributed by atoms with Gasteiger partial charge >= 0.3 is 0 Å². The summed E-state index contributed by atoms with van der Waals surface area (Å²) >= 11 is 0. The molecular weight excluding hydrogens is 384 g/mol. The molecule has 0 bridgehead atoms. The minimum absolute atomic E-state index is 0.820. The van der Waals surface area contributed by atoms with Gasteiger partial charge in [0.1, 0.15) is 48.8 Å². The molecule has 6 rings (SSSR count). The van der Waals surface area contributed by atoms with Gasteiger partial charge in [0.2, 0.25) is 11.5 Å². The third-order valence-corrected chi connectivity index (χ3v) is 6.83. The van der Waals surface area contributed by atoms with Crippen LogP contribution in [0.1, 0.15) is 28.7 Å². The Labute approximate surface area is 181 Å². The zero-order chi connectivity index (χ0) is 20.9. The Kier molecular flexibility index (Phi) is 4.10. The molecular formula is C25H26N6+2. The molecule has 2 N–H and O–H groups in total. The third-order valence-electron chi connectivity index (χ3n) is 6.83. The molecule has 4 aromatic rings. The molecule has 0 saturated carbocycles. The van der Waals surface area contributed by atoms with Crippen molar-refractivity contribution in [3.8, 4) is 6.07 Å². The first-order valence-electron chi connectivity index (χ1n) is 11.1. The number of rotatable bonds is 2. The van der Waals surface area contributed by atoms with Gasteiger partial charge in [-0.15, -0.1) is 0 Å². The van der Waals surface area contributed by atoms with Crippen LogP contribution in [0.2, 0.25) is 0 Å². The number of pyridine rings is 2. The fraction of sp³-hybridized carbons (Fsp3) is 0.320. The molecule has 2 aliphatic rings. The molecule has 1 aliphatic carbocycles. The van der Waals surface area contributed by atoms with E-state index in [2.05, 4.69) is 73.6 Å².